The number of anilines is 1. The van der Waals surface area contributed by atoms with Crippen LogP contribution in [0.3, 0.4) is 0 Å². The molecule has 0 unspecified atom stereocenters. The van der Waals surface area contributed by atoms with Gasteiger partial charge in [-0.2, -0.15) is 0 Å². The Hall–Kier alpha value is -2.34. The third kappa shape index (κ3) is 2.92. The zero-order chi connectivity index (χ0) is 18.5. The lowest BCUT2D eigenvalue weighted by Crippen LogP contribution is -2.35. The van der Waals surface area contributed by atoms with Crippen molar-refractivity contribution in [2.24, 2.45) is 23.7 Å². The Kier molecular flexibility index (Phi) is 3.97. The Morgan fingerprint density at radius 1 is 1.04 bits per heavy atom. The number of halogens is 1. The fourth-order valence-corrected chi connectivity index (χ4v) is 5.10. The van der Waals surface area contributed by atoms with Crippen LogP contribution in [0.1, 0.15) is 12.8 Å². The van der Waals surface area contributed by atoms with Gasteiger partial charge in [0.2, 0.25) is 5.91 Å². The summed E-state index contributed by atoms with van der Waals surface area (Å²) in [6, 6.07) is 14.8. The van der Waals surface area contributed by atoms with Crippen LogP contribution in [0.5, 0.6) is 11.5 Å². The molecule has 3 aliphatic rings. The molecule has 5 rings (SSSR count). The zero-order valence-electron chi connectivity index (χ0n) is 14.4. The summed E-state index contributed by atoms with van der Waals surface area (Å²) < 4.78 is 12.2. The van der Waals surface area contributed by atoms with Gasteiger partial charge in [0.15, 0.2) is 0 Å². The molecular formula is C21H18BrNO4. The number of hydrogen-bond donors (Lipinski definition) is 1. The van der Waals surface area contributed by atoms with Crippen LogP contribution in [0, 0.1) is 23.7 Å². The smallest absolute Gasteiger partial charge is 0.310 e. The van der Waals surface area contributed by atoms with Crippen molar-refractivity contribution in [2.45, 2.75) is 18.9 Å². The Labute approximate surface area is 165 Å². The first-order chi connectivity index (χ1) is 13.1. The lowest BCUT2D eigenvalue weighted by Gasteiger charge is -2.23. The van der Waals surface area contributed by atoms with Crippen LogP contribution in [0.25, 0.3) is 0 Å². The van der Waals surface area contributed by atoms with E-state index >= 15 is 0 Å². The number of rotatable bonds is 4. The Balaban J connectivity index is 1.25. The molecule has 2 bridgehead atoms. The van der Waals surface area contributed by atoms with E-state index in [1.165, 1.54) is 0 Å². The minimum absolute atomic E-state index is 0.0478. The molecule has 2 saturated carbocycles. The van der Waals surface area contributed by atoms with Crippen molar-refractivity contribution in [3.63, 3.8) is 0 Å². The molecule has 0 radical (unpaired) electrons. The summed E-state index contributed by atoms with van der Waals surface area (Å²) in [7, 11) is 0. The van der Waals surface area contributed by atoms with Gasteiger partial charge in [-0.15, -0.1) is 0 Å². The van der Waals surface area contributed by atoms with Crippen molar-refractivity contribution in [3.05, 3.63) is 53.0 Å². The van der Waals surface area contributed by atoms with Gasteiger partial charge >= 0.3 is 5.97 Å². The maximum absolute atomic E-state index is 12.8. The molecule has 3 fully saturated rings. The monoisotopic (exact) mass is 427 g/mol. The standard InChI is InChI=1S/C21H18BrNO4/c22-12-1-5-14(6-2-12)26-15-7-3-13(4-8-15)23-20(24)18-11-9-16-17(10-11)27-21(25)19(16)18/h1-8,11,16-19H,9-10H2,(H,23,24)/t11-,16-,17+,18+,19-/m1/s1. The van der Waals surface area contributed by atoms with Gasteiger partial charge < -0.3 is 14.8 Å². The summed E-state index contributed by atoms with van der Waals surface area (Å²) in [6.07, 6.45) is 1.80. The van der Waals surface area contributed by atoms with Gasteiger partial charge in [0.25, 0.3) is 0 Å². The van der Waals surface area contributed by atoms with Gasteiger partial charge in [-0.1, -0.05) is 15.9 Å². The third-order valence-electron chi connectivity index (χ3n) is 5.96. The maximum atomic E-state index is 12.8. The number of benzene rings is 2. The number of hydrogen-bond acceptors (Lipinski definition) is 4. The predicted molar refractivity (Wildman–Crippen MR) is 102 cm³/mol. The second kappa shape index (κ2) is 6.37. The minimum Gasteiger partial charge on any atom is -0.462 e. The lowest BCUT2D eigenvalue weighted by molar-refractivity contribution is -0.145. The molecule has 0 aromatic heterocycles. The fraction of sp³-hybridized carbons (Fsp3) is 0.333. The van der Waals surface area contributed by atoms with Gasteiger partial charge in [-0.3, -0.25) is 9.59 Å². The van der Waals surface area contributed by atoms with E-state index in [-0.39, 0.29) is 41.7 Å². The van der Waals surface area contributed by atoms with Crippen LogP contribution in [0.4, 0.5) is 5.69 Å². The average Bonchev–Trinajstić information content (AvgIpc) is 3.27. The van der Waals surface area contributed by atoms with Crippen LogP contribution in [0.15, 0.2) is 53.0 Å². The fourth-order valence-electron chi connectivity index (χ4n) is 4.83. The highest BCUT2D eigenvalue weighted by Crippen LogP contribution is 2.57. The molecule has 1 saturated heterocycles. The van der Waals surface area contributed by atoms with E-state index in [4.69, 9.17) is 9.47 Å². The second-order valence-electron chi connectivity index (χ2n) is 7.49. The molecular weight excluding hydrogens is 410 g/mol. The van der Waals surface area contributed by atoms with Gasteiger partial charge in [0, 0.05) is 16.1 Å². The molecule has 138 valence electrons. The van der Waals surface area contributed by atoms with Crippen LogP contribution < -0.4 is 10.1 Å². The van der Waals surface area contributed by atoms with E-state index in [1.807, 2.05) is 48.5 Å². The van der Waals surface area contributed by atoms with Crippen molar-refractivity contribution < 1.29 is 19.1 Å². The third-order valence-corrected chi connectivity index (χ3v) is 6.49. The molecule has 6 heteroatoms. The summed E-state index contributed by atoms with van der Waals surface area (Å²) in [5.74, 6) is 1.14. The molecule has 1 heterocycles. The number of esters is 1. The normalized spacial score (nSPS) is 30.3. The molecule has 2 aromatic rings. The number of fused-ring (bicyclic) bond motifs is 1. The number of carbonyl (C=O) groups is 2. The van der Waals surface area contributed by atoms with E-state index < -0.39 is 0 Å². The van der Waals surface area contributed by atoms with Crippen molar-refractivity contribution in [1.82, 2.24) is 0 Å². The Bertz CT molecular complexity index is 893. The van der Waals surface area contributed by atoms with Crippen molar-refractivity contribution in [1.29, 1.82) is 0 Å². The first-order valence-electron chi connectivity index (χ1n) is 9.13. The zero-order valence-corrected chi connectivity index (χ0v) is 16.0. The molecule has 1 N–H and O–H groups in total. The first-order valence-corrected chi connectivity index (χ1v) is 9.92. The Morgan fingerprint density at radius 2 is 1.70 bits per heavy atom. The summed E-state index contributed by atoms with van der Waals surface area (Å²) in [5, 5.41) is 2.96. The summed E-state index contributed by atoms with van der Waals surface area (Å²) >= 11 is 3.39. The van der Waals surface area contributed by atoms with Crippen LogP contribution in [-0.4, -0.2) is 18.0 Å². The van der Waals surface area contributed by atoms with Crippen molar-refractivity contribution in [3.8, 4) is 11.5 Å². The molecule has 5 nitrogen and oxygen atoms in total. The summed E-state index contributed by atoms with van der Waals surface area (Å²) in [4.78, 5) is 24.9. The minimum atomic E-state index is -0.264. The molecule has 27 heavy (non-hydrogen) atoms. The molecule has 2 aliphatic carbocycles. The van der Waals surface area contributed by atoms with Gasteiger partial charge in [0.1, 0.15) is 17.6 Å². The molecule has 0 spiro atoms. The topological polar surface area (TPSA) is 64.6 Å². The summed E-state index contributed by atoms with van der Waals surface area (Å²) in [6.45, 7) is 0. The highest BCUT2D eigenvalue weighted by atomic mass is 79.9. The average molecular weight is 428 g/mol. The van der Waals surface area contributed by atoms with E-state index in [9.17, 15) is 9.59 Å². The summed E-state index contributed by atoms with van der Waals surface area (Å²) in [5.41, 5.74) is 0.703. The molecule has 1 aliphatic heterocycles. The van der Waals surface area contributed by atoms with Gasteiger partial charge in [-0.05, 0) is 67.3 Å². The van der Waals surface area contributed by atoms with Crippen LogP contribution in [0.2, 0.25) is 0 Å². The highest BCUT2D eigenvalue weighted by molar-refractivity contribution is 9.10. The SMILES string of the molecule is O=C1O[C@H]2C[C@H]3C[C@H]2[C@@H]1[C@H]3C(=O)Nc1ccc(Oc2ccc(Br)cc2)cc1. The van der Waals surface area contributed by atoms with E-state index in [0.29, 0.717) is 11.4 Å². The lowest BCUT2D eigenvalue weighted by atomic mass is 9.79. The molecule has 2 aromatic carbocycles. The first kappa shape index (κ1) is 16.8. The van der Waals surface area contributed by atoms with E-state index in [1.54, 1.807) is 0 Å². The van der Waals surface area contributed by atoms with E-state index in [0.717, 1.165) is 23.1 Å². The molecule has 1 amide bonds. The largest absolute Gasteiger partial charge is 0.462 e. The maximum Gasteiger partial charge on any atom is 0.310 e. The number of ether oxygens (including phenoxy) is 2. The van der Waals surface area contributed by atoms with E-state index in [2.05, 4.69) is 21.2 Å². The van der Waals surface area contributed by atoms with Gasteiger partial charge in [-0.25, -0.2) is 0 Å². The van der Waals surface area contributed by atoms with Crippen LogP contribution >= 0.6 is 15.9 Å². The molecule has 5 atom stereocenters. The second-order valence-corrected chi connectivity index (χ2v) is 8.41. The Morgan fingerprint density at radius 3 is 2.41 bits per heavy atom. The number of nitrogens with one attached hydrogen (secondary N) is 1. The highest BCUT2D eigenvalue weighted by Gasteiger charge is 2.63. The number of amides is 1. The predicted octanol–water partition coefficient (Wildman–Crippen LogP) is 4.38. The van der Waals surface area contributed by atoms with Gasteiger partial charge in [0.05, 0.1) is 11.8 Å². The van der Waals surface area contributed by atoms with Crippen molar-refractivity contribution in [2.75, 3.05) is 5.32 Å². The van der Waals surface area contributed by atoms with Crippen LogP contribution in [-0.2, 0) is 14.3 Å². The quantitative estimate of drug-likeness (QED) is 0.735. The number of carbonyl (C=O) groups excluding carboxylic acids is 2. The van der Waals surface area contributed by atoms with Crippen molar-refractivity contribution >= 4 is 33.5 Å².